The smallest absolute Gasteiger partial charge is 0.407 e. The molecule has 0 atom stereocenters. The van der Waals surface area contributed by atoms with Gasteiger partial charge < -0.3 is 10.1 Å². The molecule has 1 N–H and O–H groups in total. The summed E-state index contributed by atoms with van der Waals surface area (Å²) >= 11 is 12.3. The molecule has 0 unspecified atom stereocenters. The van der Waals surface area contributed by atoms with Gasteiger partial charge in [-0.3, -0.25) is 0 Å². The van der Waals surface area contributed by atoms with Crippen molar-refractivity contribution in [2.45, 2.75) is 12.3 Å². The van der Waals surface area contributed by atoms with Crippen LogP contribution < -0.4 is 5.32 Å². The molecular formula is C25H21Cl2NO2. The van der Waals surface area contributed by atoms with Gasteiger partial charge in [-0.25, -0.2) is 4.79 Å². The monoisotopic (exact) mass is 437 g/mol. The first-order valence-corrected chi connectivity index (χ1v) is 10.6. The van der Waals surface area contributed by atoms with E-state index in [9.17, 15) is 4.79 Å². The summed E-state index contributed by atoms with van der Waals surface area (Å²) in [7, 11) is 0. The minimum atomic E-state index is -0.416. The molecule has 0 aromatic heterocycles. The fourth-order valence-electron chi connectivity index (χ4n) is 3.78. The van der Waals surface area contributed by atoms with Gasteiger partial charge in [0.25, 0.3) is 0 Å². The lowest BCUT2D eigenvalue weighted by Crippen LogP contribution is -2.26. The SMILES string of the molecule is O=C(NCCC=Cc1c(Cl)cccc1Cl)OCC1c2ccccc2-c2ccccc21. The fraction of sp³-hybridized carbons (Fsp3) is 0.160. The number of alkyl carbamates (subject to hydrolysis) is 1. The molecule has 5 heteroatoms. The molecule has 0 radical (unpaired) electrons. The maximum Gasteiger partial charge on any atom is 0.407 e. The average molecular weight is 438 g/mol. The predicted molar refractivity (Wildman–Crippen MR) is 123 cm³/mol. The Hall–Kier alpha value is -2.75. The van der Waals surface area contributed by atoms with Gasteiger partial charge in [-0.1, -0.05) is 90.0 Å². The number of benzene rings is 3. The van der Waals surface area contributed by atoms with E-state index in [1.54, 1.807) is 18.2 Å². The zero-order valence-corrected chi connectivity index (χ0v) is 17.8. The first-order valence-electron chi connectivity index (χ1n) is 9.84. The molecule has 152 valence electrons. The number of carbonyl (C=O) groups excluding carboxylic acids is 1. The van der Waals surface area contributed by atoms with Crippen LogP contribution in [-0.4, -0.2) is 19.2 Å². The van der Waals surface area contributed by atoms with Crippen LogP contribution in [0.2, 0.25) is 10.0 Å². The highest BCUT2D eigenvalue weighted by atomic mass is 35.5. The van der Waals surface area contributed by atoms with Crippen LogP contribution in [0.15, 0.2) is 72.8 Å². The third kappa shape index (κ3) is 4.38. The van der Waals surface area contributed by atoms with Gasteiger partial charge in [-0.15, -0.1) is 0 Å². The van der Waals surface area contributed by atoms with Gasteiger partial charge in [0.15, 0.2) is 0 Å². The second-order valence-corrected chi connectivity index (χ2v) is 7.89. The van der Waals surface area contributed by atoms with E-state index in [0.29, 0.717) is 29.6 Å². The molecule has 4 rings (SSSR count). The first kappa shape index (κ1) is 20.5. The van der Waals surface area contributed by atoms with Crippen molar-refractivity contribution < 1.29 is 9.53 Å². The van der Waals surface area contributed by atoms with Gasteiger partial charge in [0.1, 0.15) is 6.61 Å². The molecule has 3 aromatic carbocycles. The van der Waals surface area contributed by atoms with Crippen LogP contribution in [0, 0.1) is 0 Å². The number of hydrogen-bond donors (Lipinski definition) is 1. The van der Waals surface area contributed by atoms with E-state index in [-0.39, 0.29) is 5.92 Å². The molecule has 0 bridgehead atoms. The molecule has 0 saturated heterocycles. The summed E-state index contributed by atoms with van der Waals surface area (Å²) in [4.78, 5) is 12.2. The minimum absolute atomic E-state index is 0.0606. The van der Waals surface area contributed by atoms with Crippen LogP contribution in [-0.2, 0) is 4.74 Å². The summed E-state index contributed by atoms with van der Waals surface area (Å²) in [6, 6.07) is 22.0. The van der Waals surface area contributed by atoms with Crippen molar-refractivity contribution in [1.82, 2.24) is 5.32 Å². The highest BCUT2D eigenvalue weighted by molar-refractivity contribution is 6.37. The van der Waals surface area contributed by atoms with Crippen LogP contribution in [0.5, 0.6) is 0 Å². The van der Waals surface area contributed by atoms with Crippen LogP contribution in [0.25, 0.3) is 17.2 Å². The summed E-state index contributed by atoms with van der Waals surface area (Å²) < 4.78 is 5.53. The van der Waals surface area contributed by atoms with Crippen LogP contribution in [0.3, 0.4) is 0 Å². The Morgan fingerprint density at radius 2 is 1.50 bits per heavy atom. The Labute approximate surface area is 186 Å². The number of nitrogens with one attached hydrogen (secondary N) is 1. The van der Waals surface area contributed by atoms with Crippen LogP contribution >= 0.6 is 23.2 Å². The highest BCUT2D eigenvalue weighted by Gasteiger charge is 2.28. The molecular weight excluding hydrogens is 417 g/mol. The molecule has 0 saturated carbocycles. The lowest BCUT2D eigenvalue weighted by Gasteiger charge is -2.14. The van der Waals surface area contributed by atoms with Gasteiger partial charge in [-0.2, -0.15) is 0 Å². The summed E-state index contributed by atoms with van der Waals surface area (Å²) in [5.74, 6) is 0.0606. The van der Waals surface area contributed by atoms with Crippen molar-refractivity contribution in [2.24, 2.45) is 0 Å². The summed E-state index contributed by atoms with van der Waals surface area (Å²) in [5, 5.41) is 3.99. The van der Waals surface area contributed by atoms with E-state index < -0.39 is 6.09 Å². The van der Waals surface area contributed by atoms with Gasteiger partial charge >= 0.3 is 6.09 Å². The van der Waals surface area contributed by atoms with Crippen molar-refractivity contribution in [3.8, 4) is 11.1 Å². The average Bonchev–Trinajstić information content (AvgIpc) is 3.08. The Bertz CT molecular complexity index is 1030. The first-order chi connectivity index (χ1) is 14.6. The molecule has 1 aliphatic carbocycles. The predicted octanol–water partition coefficient (Wildman–Crippen LogP) is 6.94. The number of amides is 1. The van der Waals surface area contributed by atoms with E-state index >= 15 is 0 Å². The Morgan fingerprint density at radius 3 is 2.13 bits per heavy atom. The van der Waals surface area contributed by atoms with Crippen LogP contribution in [0.1, 0.15) is 29.0 Å². The summed E-state index contributed by atoms with van der Waals surface area (Å²) in [6.07, 6.45) is 4.02. The highest BCUT2D eigenvalue weighted by Crippen LogP contribution is 2.44. The quantitative estimate of drug-likeness (QED) is 0.424. The maximum absolute atomic E-state index is 12.2. The molecule has 1 amide bonds. The van der Waals surface area contributed by atoms with Gasteiger partial charge in [0.2, 0.25) is 0 Å². The summed E-state index contributed by atoms with van der Waals surface area (Å²) in [6.45, 7) is 0.778. The number of hydrogen-bond acceptors (Lipinski definition) is 2. The van der Waals surface area contributed by atoms with Crippen molar-refractivity contribution in [3.63, 3.8) is 0 Å². The lowest BCUT2D eigenvalue weighted by atomic mass is 9.98. The second-order valence-electron chi connectivity index (χ2n) is 7.08. The molecule has 0 heterocycles. The zero-order valence-electron chi connectivity index (χ0n) is 16.3. The Kier molecular flexibility index (Phi) is 6.41. The van der Waals surface area contributed by atoms with Crippen molar-refractivity contribution in [1.29, 1.82) is 0 Å². The van der Waals surface area contributed by atoms with Crippen LogP contribution in [0.4, 0.5) is 4.79 Å². The normalized spacial score (nSPS) is 12.6. The summed E-state index contributed by atoms with van der Waals surface area (Å²) in [5.41, 5.74) is 5.61. The Balaban J connectivity index is 1.29. The number of rotatable bonds is 6. The van der Waals surface area contributed by atoms with E-state index in [4.69, 9.17) is 27.9 Å². The van der Waals surface area contributed by atoms with E-state index in [2.05, 4.69) is 29.6 Å². The van der Waals surface area contributed by atoms with Gasteiger partial charge in [0, 0.05) is 28.1 Å². The van der Waals surface area contributed by atoms with Gasteiger partial charge in [-0.05, 0) is 40.8 Å². The molecule has 1 aliphatic rings. The van der Waals surface area contributed by atoms with Crippen molar-refractivity contribution in [3.05, 3.63) is 99.5 Å². The lowest BCUT2D eigenvalue weighted by molar-refractivity contribution is 0.143. The number of halogens is 2. The molecule has 0 spiro atoms. The fourth-order valence-corrected chi connectivity index (χ4v) is 4.30. The Morgan fingerprint density at radius 1 is 0.900 bits per heavy atom. The molecule has 0 fully saturated rings. The molecule has 0 aliphatic heterocycles. The molecule has 30 heavy (non-hydrogen) atoms. The largest absolute Gasteiger partial charge is 0.449 e. The number of carbonyl (C=O) groups is 1. The topological polar surface area (TPSA) is 38.3 Å². The maximum atomic E-state index is 12.2. The van der Waals surface area contributed by atoms with Crippen molar-refractivity contribution >= 4 is 35.4 Å². The number of ether oxygens (including phenoxy) is 1. The molecule has 3 nitrogen and oxygen atoms in total. The molecule has 3 aromatic rings. The minimum Gasteiger partial charge on any atom is -0.449 e. The zero-order chi connectivity index (χ0) is 20.9. The third-order valence-electron chi connectivity index (χ3n) is 5.21. The third-order valence-corrected chi connectivity index (χ3v) is 5.87. The second kappa shape index (κ2) is 9.38. The standard InChI is InChI=1S/C25H21Cl2NO2/c26-23-13-7-14-24(27)21(23)12-5-6-15-28-25(29)30-16-22-19-10-3-1-8-17(19)18-9-2-4-11-20(18)22/h1-5,7-14,22H,6,15-16H2,(H,28,29). The van der Waals surface area contributed by atoms with E-state index in [1.165, 1.54) is 22.3 Å². The van der Waals surface area contributed by atoms with Gasteiger partial charge in [0.05, 0.1) is 0 Å². The van der Waals surface area contributed by atoms with Crippen molar-refractivity contribution in [2.75, 3.05) is 13.2 Å². The number of fused-ring (bicyclic) bond motifs is 3. The van der Waals surface area contributed by atoms with E-state index in [1.807, 2.05) is 36.4 Å². The van der Waals surface area contributed by atoms with E-state index in [0.717, 1.165) is 5.56 Å².